The summed E-state index contributed by atoms with van der Waals surface area (Å²) in [4.78, 5) is 12.1. The van der Waals surface area contributed by atoms with Crippen LogP contribution in [0.3, 0.4) is 0 Å². The second kappa shape index (κ2) is 9.91. The smallest absolute Gasteiger partial charge is 0.264 e. The van der Waals surface area contributed by atoms with Crippen molar-refractivity contribution in [1.82, 2.24) is 10.2 Å². The van der Waals surface area contributed by atoms with E-state index < -0.39 is 0 Å². The Morgan fingerprint density at radius 1 is 1.18 bits per heavy atom. The number of amides is 1. The third kappa shape index (κ3) is 5.95. The molecule has 0 saturated heterocycles. The van der Waals surface area contributed by atoms with E-state index in [9.17, 15) is 4.79 Å². The average Bonchev–Trinajstić information content (AvgIpc) is 3.13. The number of aromatic nitrogens is 2. The van der Waals surface area contributed by atoms with E-state index in [-0.39, 0.29) is 12.5 Å². The van der Waals surface area contributed by atoms with Gasteiger partial charge < -0.3 is 4.74 Å². The Kier molecular flexibility index (Phi) is 7.30. The van der Waals surface area contributed by atoms with E-state index in [1.54, 1.807) is 0 Å². The van der Waals surface area contributed by atoms with Crippen LogP contribution in [0.1, 0.15) is 30.9 Å². The minimum absolute atomic E-state index is 0.0807. The number of hydrogen-bond donors (Lipinski definition) is 1. The maximum Gasteiger partial charge on any atom is 0.264 e. The Bertz CT molecular complexity index is 929. The molecule has 0 spiro atoms. The molecule has 0 fully saturated rings. The molecule has 8 heteroatoms. The minimum atomic E-state index is -0.272. The molecule has 0 aliphatic heterocycles. The van der Waals surface area contributed by atoms with Gasteiger partial charge >= 0.3 is 0 Å². The summed E-state index contributed by atoms with van der Waals surface area (Å²) in [5.74, 6) is 1.54. The Balaban J connectivity index is 1.46. The van der Waals surface area contributed by atoms with Crippen LogP contribution in [-0.2, 0) is 10.5 Å². The molecule has 2 aromatic carbocycles. The number of thioether (sulfide) groups is 1. The molecule has 28 heavy (non-hydrogen) atoms. The van der Waals surface area contributed by atoms with Crippen molar-refractivity contribution in [3.05, 3.63) is 64.7 Å². The Hall–Kier alpha value is -2.09. The quantitative estimate of drug-likeness (QED) is 0.368. The molecule has 5 nitrogen and oxygen atoms in total. The molecule has 0 radical (unpaired) electrons. The van der Waals surface area contributed by atoms with Gasteiger partial charge in [0.15, 0.2) is 10.9 Å². The largest absolute Gasteiger partial charge is 0.484 e. The fourth-order valence-corrected chi connectivity index (χ4v) is 4.38. The third-order valence-electron chi connectivity index (χ3n) is 3.88. The lowest BCUT2D eigenvalue weighted by atomic mass is 10.0. The lowest BCUT2D eigenvalue weighted by molar-refractivity contribution is -0.118. The van der Waals surface area contributed by atoms with Gasteiger partial charge in [0.2, 0.25) is 5.13 Å². The predicted molar refractivity (Wildman–Crippen MR) is 116 cm³/mol. The average molecular weight is 434 g/mol. The predicted octanol–water partition coefficient (Wildman–Crippen LogP) is 5.62. The van der Waals surface area contributed by atoms with Crippen molar-refractivity contribution in [2.75, 3.05) is 11.9 Å². The lowest BCUT2D eigenvalue weighted by Crippen LogP contribution is -2.20. The molecule has 0 bridgehead atoms. The molecular formula is C20H20ClN3O2S2. The van der Waals surface area contributed by atoms with Crippen LogP contribution in [0.4, 0.5) is 5.13 Å². The first-order valence-electron chi connectivity index (χ1n) is 8.73. The van der Waals surface area contributed by atoms with Gasteiger partial charge in [-0.2, -0.15) is 0 Å². The first-order valence-corrected chi connectivity index (χ1v) is 10.9. The number of benzene rings is 2. The van der Waals surface area contributed by atoms with Crippen LogP contribution >= 0.6 is 34.7 Å². The van der Waals surface area contributed by atoms with E-state index in [2.05, 4.69) is 29.4 Å². The summed E-state index contributed by atoms with van der Waals surface area (Å²) in [7, 11) is 0. The molecule has 0 aliphatic rings. The number of anilines is 1. The van der Waals surface area contributed by atoms with Crippen molar-refractivity contribution >= 4 is 45.7 Å². The highest BCUT2D eigenvalue weighted by molar-refractivity contribution is 8.00. The fourth-order valence-electron chi connectivity index (χ4n) is 2.33. The highest BCUT2D eigenvalue weighted by atomic mass is 35.5. The SMILES string of the molecule is CC(C)c1ccc(OCC(=O)Nc2nnc(SCc3ccccc3Cl)s2)cc1. The van der Waals surface area contributed by atoms with Crippen LogP contribution in [0, 0.1) is 0 Å². The molecular weight excluding hydrogens is 414 g/mol. The Labute approximate surface area is 177 Å². The summed E-state index contributed by atoms with van der Waals surface area (Å²) in [5.41, 5.74) is 2.26. The van der Waals surface area contributed by atoms with E-state index in [0.717, 1.165) is 14.9 Å². The van der Waals surface area contributed by atoms with Gasteiger partial charge in [-0.1, -0.05) is 78.9 Å². The Morgan fingerprint density at radius 2 is 1.93 bits per heavy atom. The summed E-state index contributed by atoms with van der Waals surface area (Å²) in [5, 5.41) is 12.0. The van der Waals surface area contributed by atoms with Crippen LogP contribution < -0.4 is 10.1 Å². The summed E-state index contributed by atoms with van der Waals surface area (Å²) in [6, 6.07) is 15.4. The molecule has 3 rings (SSSR count). The maximum absolute atomic E-state index is 12.1. The maximum atomic E-state index is 12.1. The monoisotopic (exact) mass is 433 g/mol. The van der Waals surface area contributed by atoms with Crippen molar-refractivity contribution in [2.24, 2.45) is 0 Å². The first-order chi connectivity index (χ1) is 13.5. The summed E-state index contributed by atoms with van der Waals surface area (Å²) in [6.07, 6.45) is 0. The molecule has 0 atom stereocenters. The molecule has 3 aromatic rings. The molecule has 1 amide bonds. The minimum Gasteiger partial charge on any atom is -0.484 e. The van der Waals surface area contributed by atoms with Crippen LogP contribution in [0.15, 0.2) is 52.9 Å². The first kappa shape index (κ1) is 20.6. The molecule has 1 N–H and O–H groups in total. The number of nitrogens with zero attached hydrogens (tertiary/aromatic N) is 2. The summed E-state index contributed by atoms with van der Waals surface area (Å²) < 4.78 is 6.29. The van der Waals surface area contributed by atoms with Crippen LogP contribution in [0.2, 0.25) is 5.02 Å². The topological polar surface area (TPSA) is 64.1 Å². The molecule has 1 heterocycles. The number of ether oxygens (including phenoxy) is 1. The van der Waals surface area contributed by atoms with Gasteiger partial charge in [-0.05, 0) is 35.2 Å². The fraction of sp³-hybridized carbons (Fsp3) is 0.250. The highest BCUT2D eigenvalue weighted by Gasteiger charge is 2.10. The van der Waals surface area contributed by atoms with Gasteiger partial charge in [0.05, 0.1) is 0 Å². The zero-order valence-electron chi connectivity index (χ0n) is 15.5. The van der Waals surface area contributed by atoms with Crippen molar-refractivity contribution in [1.29, 1.82) is 0 Å². The molecule has 146 valence electrons. The zero-order valence-corrected chi connectivity index (χ0v) is 17.9. The summed E-state index contributed by atoms with van der Waals surface area (Å²) in [6.45, 7) is 4.18. The molecule has 1 aromatic heterocycles. The van der Waals surface area contributed by atoms with E-state index in [1.165, 1.54) is 28.7 Å². The second-order valence-corrected chi connectivity index (χ2v) is 8.92. The van der Waals surface area contributed by atoms with Crippen molar-refractivity contribution in [2.45, 2.75) is 29.9 Å². The van der Waals surface area contributed by atoms with Gasteiger partial charge in [0, 0.05) is 10.8 Å². The van der Waals surface area contributed by atoms with Gasteiger partial charge in [0.25, 0.3) is 5.91 Å². The van der Waals surface area contributed by atoms with Crippen molar-refractivity contribution in [3.63, 3.8) is 0 Å². The number of nitrogens with one attached hydrogen (secondary N) is 1. The van der Waals surface area contributed by atoms with Gasteiger partial charge in [-0.3, -0.25) is 10.1 Å². The van der Waals surface area contributed by atoms with Crippen LogP contribution in [-0.4, -0.2) is 22.7 Å². The highest BCUT2D eigenvalue weighted by Crippen LogP contribution is 2.30. The standard InChI is InChI=1S/C20H20ClN3O2S2/c1-13(2)14-7-9-16(10-8-14)26-11-18(25)22-19-23-24-20(28-19)27-12-15-5-3-4-6-17(15)21/h3-10,13H,11-12H2,1-2H3,(H,22,23,25). The molecule has 0 aliphatic carbocycles. The molecule has 0 unspecified atom stereocenters. The van der Waals surface area contributed by atoms with E-state index >= 15 is 0 Å². The zero-order chi connectivity index (χ0) is 19.9. The third-order valence-corrected chi connectivity index (χ3v) is 6.27. The van der Waals surface area contributed by atoms with Crippen molar-refractivity contribution in [3.8, 4) is 5.75 Å². The van der Waals surface area contributed by atoms with E-state index in [1.807, 2.05) is 48.5 Å². The lowest BCUT2D eigenvalue weighted by Gasteiger charge is -2.08. The van der Waals surface area contributed by atoms with Crippen LogP contribution in [0.5, 0.6) is 5.75 Å². The number of halogens is 1. The molecule has 0 saturated carbocycles. The van der Waals surface area contributed by atoms with Gasteiger partial charge in [0.1, 0.15) is 5.75 Å². The number of carbonyl (C=O) groups excluding carboxylic acids is 1. The summed E-state index contributed by atoms with van der Waals surface area (Å²) >= 11 is 9.01. The Morgan fingerprint density at radius 3 is 2.64 bits per heavy atom. The number of hydrogen-bond acceptors (Lipinski definition) is 6. The van der Waals surface area contributed by atoms with E-state index in [4.69, 9.17) is 16.3 Å². The van der Waals surface area contributed by atoms with Crippen molar-refractivity contribution < 1.29 is 9.53 Å². The normalized spacial score (nSPS) is 10.9. The second-order valence-electron chi connectivity index (χ2n) is 6.31. The van der Waals surface area contributed by atoms with E-state index in [0.29, 0.717) is 22.6 Å². The number of carbonyl (C=O) groups is 1. The van der Waals surface area contributed by atoms with Gasteiger partial charge in [-0.15, -0.1) is 10.2 Å². The van der Waals surface area contributed by atoms with Gasteiger partial charge in [-0.25, -0.2) is 0 Å². The van der Waals surface area contributed by atoms with Crippen LogP contribution in [0.25, 0.3) is 0 Å². The number of rotatable bonds is 8.